The summed E-state index contributed by atoms with van der Waals surface area (Å²) >= 11 is 0. The van der Waals surface area contributed by atoms with E-state index in [9.17, 15) is 13.2 Å². The fraction of sp³-hybridized carbons (Fsp3) is 0.889. The quantitative estimate of drug-likeness (QED) is 0.595. The van der Waals surface area contributed by atoms with Crippen molar-refractivity contribution in [3.05, 3.63) is 0 Å². The van der Waals surface area contributed by atoms with Crippen molar-refractivity contribution in [3.8, 4) is 0 Å². The van der Waals surface area contributed by atoms with Crippen molar-refractivity contribution in [1.29, 1.82) is 0 Å². The monoisotopic (exact) mass is 237 g/mol. The molecule has 0 aliphatic carbocycles. The van der Waals surface area contributed by atoms with Gasteiger partial charge in [-0.15, -0.1) is 0 Å². The van der Waals surface area contributed by atoms with E-state index in [0.29, 0.717) is 19.4 Å². The van der Waals surface area contributed by atoms with Gasteiger partial charge in [0, 0.05) is 19.2 Å². The van der Waals surface area contributed by atoms with E-state index >= 15 is 0 Å². The number of carbonyl (C=O) groups is 1. The molecular weight excluding hydrogens is 218 g/mol. The van der Waals surface area contributed by atoms with Gasteiger partial charge in [0.05, 0.1) is 11.9 Å². The normalized spacial score (nSPS) is 13.5. The molecule has 0 rings (SSSR count). The molecule has 15 heavy (non-hydrogen) atoms. The largest absolute Gasteiger partial charge is 0.393 e. The number of amides is 1. The molecule has 1 unspecified atom stereocenters. The number of aliphatic hydroxyl groups excluding tert-OH is 1. The summed E-state index contributed by atoms with van der Waals surface area (Å²) in [5.41, 5.74) is 0. The lowest BCUT2D eigenvalue weighted by atomic mass is 10.2. The van der Waals surface area contributed by atoms with Crippen molar-refractivity contribution in [3.63, 3.8) is 0 Å². The molecule has 0 aromatic heterocycles. The van der Waals surface area contributed by atoms with E-state index in [1.54, 1.807) is 6.92 Å². The molecule has 0 saturated carbocycles. The van der Waals surface area contributed by atoms with Gasteiger partial charge in [-0.05, 0) is 19.8 Å². The summed E-state index contributed by atoms with van der Waals surface area (Å²) in [6, 6.07) is 0. The highest BCUT2D eigenvalue weighted by molar-refractivity contribution is 7.90. The number of hydrogen-bond acceptors (Lipinski definition) is 4. The van der Waals surface area contributed by atoms with Crippen LogP contribution in [0.4, 0.5) is 0 Å². The summed E-state index contributed by atoms with van der Waals surface area (Å²) in [4.78, 5) is 11.1. The lowest BCUT2D eigenvalue weighted by Gasteiger charge is -2.05. The highest BCUT2D eigenvalue weighted by Gasteiger charge is 2.05. The van der Waals surface area contributed by atoms with Crippen LogP contribution < -0.4 is 5.32 Å². The van der Waals surface area contributed by atoms with E-state index in [2.05, 4.69) is 5.32 Å². The van der Waals surface area contributed by atoms with E-state index in [-0.39, 0.29) is 18.1 Å². The van der Waals surface area contributed by atoms with Crippen LogP contribution in [0.25, 0.3) is 0 Å². The second-order valence-corrected chi connectivity index (χ2v) is 5.98. The lowest BCUT2D eigenvalue weighted by Crippen LogP contribution is -2.26. The number of hydrogen-bond donors (Lipinski definition) is 2. The Morgan fingerprint density at radius 1 is 1.47 bits per heavy atom. The maximum Gasteiger partial charge on any atom is 0.220 e. The molecule has 5 nitrogen and oxygen atoms in total. The first-order valence-corrected chi connectivity index (χ1v) is 7.00. The zero-order chi connectivity index (χ0) is 11.9. The summed E-state index contributed by atoms with van der Waals surface area (Å²) < 4.78 is 21.5. The lowest BCUT2D eigenvalue weighted by molar-refractivity contribution is -0.121. The minimum atomic E-state index is -2.94. The average Bonchev–Trinajstić information content (AvgIpc) is 2.07. The van der Waals surface area contributed by atoms with Crippen LogP contribution in [0.15, 0.2) is 0 Å². The Hall–Kier alpha value is -0.620. The van der Waals surface area contributed by atoms with Crippen molar-refractivity contribution in [1.82, 2.24) is 5.32 Å². The summed E-state index contributed by atoms with van der Waals surface area (Å²) in [5, 5.41) is 11.5. The van der Waals surface area contributed by atoms with Gasteiger partial charge in [0.25, 0.3) is 0 Å². The maximum atomic E-state index is 11.1. The van der Waals surface area contributed by atoms with Gasteiger partial charge in [-0.1, -0.05) is 0 Å². The molecule has 0 fully saturated rings. The number of rotatable bonds is 7. The van der Waals surface area contributed by atoms with Crippen molar-refractivity contribution in [2.24, 2.45) is 0 Å². The van der Waals surface area contributed by atoms with Crippen LogP contribution in [0.5, 0.6) is 0 Å². The minimum Gasteiger partial charge on any atom is -0.393 e. The van der Waals surface area contributed by atoms with Gasteiger partial charge < -0.3 is 10.4 Å². The fourth-order valence-electron chi connectivity index (χ4n) is 0.991. The van der Waals surface area contributed by atoms with Gasteiger partial charge in [-0.3, -0.25) is 4.79 Å². The molecule has 1 amide bonds. The minimum absolute atomic E-state index is 0.0870. The SMILES string of the molecule is CC(O)CCC(=O)NCCCS(C)(=O)=O. The second kappa shape index (κ2) is 6.79. The molecular formula is C9H19NO4S. The molecule has 90 valence electrons. The number of carbonyl (C=O) groups excluding carboxylic acids is 1. The summed E-state index contributed by atoms with van der Waals surface area (Å²) in [6.45, 7) is 1.99. The molecule has 0 spiro atoms. The third kappa shape index (κ3) is 11.3. The van der Waals surface area contributed by atoms with Crippen molar-refractivity contribution < 1.29 is 18.3 Å². The van der Waals surface area contributed by atoms with Crippen LogP contribution in [-0.2, 0) is 14.6 Å². The van der Waals surface area contributed by atoms with E-state index in [0.717, 1.165) is 0 Å². The first-order chi connectivity index (χ1) is 6.81. The fourth-order valence-corrected chi connectivity index (χ4v) is 1.66. The van der Waals surface area contributed by atoms with E-state index < -0.39 is 15.9 Å². The Kier molecular flexibility index (Phi) is 6.51. The summed E-state index contributed by atoms with van der Waals surface area (Å²) in [5.74, 6) is -0.0617. The molecule has 0 saturated heterocycles. The van der Waals surface area contributed by atoms with Gasteiger partial charge >= 0.3 is 0 Å². The molecule has 0 aromatic rings. The van der Waals surface area contributed by atoms with Crippen molar-refractivity contribution >= 4 is 15.7 Å². The Labute approximate surface area is 90.8 Å². The third-order valence-electron chi connectivity index (χ3n) is 1.80. The van der Waals surface area contributed by atoms with Gasteiger partial charge in [0.1, 0.15) is 9.84 Å². The zero-order valence-electron chi connectivity index (χ0n) is 9.19. The molecule has 2 N–H and O–H groups in total. The van der Waals surface area contributed by atoms with Crippen LogP contribution in [-0.4, -0.2) is 44.1 Å². The Bertz CT molecular complexity index is 284. The van der Waals surface area contributed by atoms with Crippen LogP contribution in [0.1, 0.15) is 26.2 Å². The van der Waals surface area contributed by atoms with Crippen LogP contribution >= 0.6 is 0 Å². The summed E-state index contributed by atoms with van der Waals surface area (Å²) in [6.07, 6.45) is 1.82. The van der Waals surface area contributed by atoms with Gasteiger partial charge in [0.2, 0.25) is 5.91 Å². The third-order valence-corrected chi connectivity index (χ3v) is 2.83. The zero-order valence-corrected chi connectivity index (χ0v) is 10.0. The van der Waals surface area contributed by atoms with Crippen LogP contribution in [0, 0.1) is 0 Å². The van der Waals surface area contributed by atoms with Crippen LogP contribution in [0.3, 0.4) is 0 Å². The van der Waals surface area contributed by atoms with Crippen molar-refractivity contribution in [2.45, 2.75) is 32.3 Å². The highest BCUT2D eigenvalue weighted by atomic mass is 32.2. The van der Waals surface area contributed by atoms with Gasteiger partial charge in [-0.2, -0.15) is 0 Å². The van der Waals surface area contributed by atoms with Gasteiger partial charge in [-0.25, -0.2) is 8.42 Å². The Morgan fingerprint density at radius 3 is 2.53 bits per heavy atom. The smallest absolute Gasteiger partial charge is 0.220 e. The number of aliphatic hydroxyl groups is 1. The average molecular weight is 237 g/mol. The Balaban J connectivity index is 3.48. The molecule has 1 atom stereocenters. The molecule has 0 aliphatic rings. The predicted octanol–water partition coefficient (Wildman–Crippen LogP) is -0.302. The molecule has 0 heterocycles. The second-order valence-electron chi connectivity index (χ2n) is 3.72. The van der Waals surface area contributed by atoms with E-state index in [4.69, 9.17) is 5.11 Å². The topological polar surface area (TPSA) is 83.5 Å². The van der Waals surface area contributed by atoms with Crippen molar-refractivity contribution in [2.75, 3.05) is 18.6 Å². The molecule has 0 radical (unpaired) electrons. The van der Waals surface area contributed by atoms with Gasteiger partial charge in [0.15, 0.2) is 0 Å². The van der Waals surface area contributed by atoms with E-state index in [1.807, 2.05) is 0 Å². The first kappa shape index (κ1) is 14.4. The summed E-state index contributed by atoms with van der Waals surface area (Å²) in [7, 11) is -2.94. The number of sulfone groups is 1. The molecule has 0 aliphatic heterocycles. The molecule has 6 heteroatoms. The Morgan fingerprint density at radius 2 is 2.07 bits per heavy atom. The predicted molar refractivity (Wildman–Crippen MR) is 58.3 cm³/mol. The maximum absolute atomic E-state index is 11.1. The first-order valence-electron chi connectivity index (χ1n) is 4.94. The van der Waals surface area contributed by atoms with E-state index in [1.165, 1.54) is 6.26 Å². The molecule has 0 bridgehead atoms. The number of nitrogens with one attached hydrogen (secondary N) is 1. The standard InChI is InChI=1S/C9H19NO4S/c1-8(11)4-5-9(12)10-6-3-7-15(2,13)14/h8,11H,3-7H2,1-2H3,(H,10,12). The highest BCUT2D eigenvalue weighted by Crippen LogP contribution is 1.95. The van der Waals surface area contributed by atoms with Crippen LogP contribution in [0.2, 0.25) is 0 Å². The molecule has 0 aromatic carbocycles.